The van der Waals surface area contributed by atoms with E-state index in [0.29, 0.717) is 33.5 Å². The molecule has 0 aliphatic heterocycles. The van der Waals surface area contributed by atoms with Gasteiger partial charge in [-0.05, 0) is 62.9 Å². The van der Waals surface area contributed by atoms with Crippen LogP contribution in [0.1, 0.15) is 41.0 Å². The fourth-order valence-corrected chi connectivity index (χ4v) is 4.70. The minimum Gasteiger partial charge on any atom is -0.493 e. The lowest BCUT2D eigenvalue weighted by Gasteiger charge is -2.16. The van der Waals surface area contributed by atoms with Crippen molar-refractivity contribution in [3.05, 3.63) is 53.0 Å². The molecule has 1 saturated carbocycles. The van der Waals surface area contributed by atoms with Crippen molar-refractivity contribution in [3.8, 4) is 27.8 Å². The molecule has 0 radical (unpaired) electrons. The van der Waals surface area contributed by atoms with E-state index in [0.717, 1.165) is 23.4 Å². The van der Waals surface area contributed by atoms with Crippen LogP contribution in [-0.4, -0.2) is 31.2 Å². The zero-order valence-corrected chi connectivity index (χ0v) is 18.8. The van der Waals surface area contributed by atoms with Gasteiger partial charge in [-0.1, -0.05) is 12.1 Å². The van der Waals surface area contributed by atoms with E-state index in [4.69, 9.17) is 14.2 Å². The number of aryl methyl sites for hydroxylation is 1. The van der Waals surface area contributed by atoms with E-state index in [1.807, 2.05) is 49.4 Å². The van der Waals surface area contributed by atoms with Gasteiger partial charge in [-0.3, -0.25) is 4.79 Å². The predicted octanol–water partition coefficient (Wildman–Crippen LogP) is 5.71. The fraction of sp³-hybridized carbons (Fsp3) is 0.333. The molecule has 1 aromatic heterocycles. The minimum atomic E-state index is -0.191. The number of amides is 1. The summed E-state index contributed by atoms with van der Waals surface area (Å²) in [7, 11) is 3.19. The van der Waals surface area contributed by atoms with Crippen molar-refractivity contribution in [3.63, 3.8) is 0 Å². The van der Waals surface area contributed by atoms with E-state index in [-0.39, 0.29) is 12.0 Å². The number of benzene rings is 2. The average Bonchev–Trinajstić information content (AvgIpc) is 3.44. The van der Waals surface area contributed by atoms with Crippen LogP contribution in [0.15, 0.2) is 42.5 Å². The zero-order chi connectivity index (χ0) is 21.8. The standard InChI is InChI=1S/C24H26N2O4S/c1-15-22(31-24(25-15)16-12-13-20(28-2)21(14-16)29-3)23(27)26-18-10-6-7-11-19(18)30-17-8-4-5-9-17/h6-7,10-14,17H,4-5,8-9H2,1-3H3,(H,26,27). The van der Waals surface area contributed by atoms with E-state index in [1.165, 1.54) is 24.2 Å². The highest BCUT2D eigenvalue weighted by Crippen LogP contribution is 2.36. The number of rotatable bonds is 7. The number of hydrogen-bond donors (Lipinski definition) is 1. The summed E-state index contributed by atoms with van der Waals surface area (Å²) in [6.07, 6.45) is 4.73. The first-order valence-electron chi connectivity index (χ1n) is 10.4. The summed E-state index contributed by atoms with van der Waals surface area (Å²) in [5.41, 5.74) is 2.23. The van der Waals surface area contributed by atoms with E-state index in [9.17, 15) is 4.79 Å². The van der Waals surface area contributed by atoms with Gasteiger partial charge in [0.25, 0.3) is 5.91 Å². The SMILES string of the molecule is COc1ccc(-c2nc(C)c(C(=O)Nc3ccccc3OC3CCCC3)s2)cc1OC. The van der Waals surface area contributed by atoms with Crippen LogP contribution in [0.3, 0.4) is 0 Å². The molecule has 0 bridgehead atoms. The quantitative estimate of drug-likeness (QED) is 0.512. The third-order valence-electron chi connectivity index (χ3n) is 5.36. The van der Waals surface area contributed by atoms with Gasteiger partial charge >= 0.3 is 0 Å². The highest BCUT2D eigenvalue weighted by molar-refractivity contribution is 7.17. The Hall–Kier alpha value is -3.06. The number of ether oxygens (including phenoxy) is 3. The largest absolute Gasteiger partial charge is 0.493 e. The Balaban J connectivity index is 1.55. The summed E-state index contributed by atoms with van der Waals surface area (Å²) in [6, 6.07) is 13.2. The molecular formula is C24H26N2O4S. The van der Waals surface area contributed by atoms with Crippen LogP contribution < -0.4 is 19.5 Å². The molecular weight excluding hydrogens is 412 g/mol. The molecule has 4 rings (SSSR count). The molecule has 1 fully saturated rings. The second kappa shape index (κ2) is 9.39. The van der Waals surface area contributed by atoms with Crippen LogP contribution in [0.2, 0.25) is 0 Å². The van der Waals surface area contributed by atoms with E-state index in [2.05, 4.69) is 10.3 Å². The summed E-state index contributed by atoms with van der Waals surface area (Å²) in [5, 5.41) is 3.76. The highest BCUT2D eigenvalue weighted by Gasteiger charge is 2.21. The number of aromatic nitrogens is 1. The van der Waals surface area contributed by atoms with Gasteiger partial charge in [-0.25, -0.2) is 4.98 Å². The van der Waals surface area contributed by atoms with Crippen molar-refractivity contribution in [2.75, 3.05) is 19.5 Å². The van der Waals surface area contributed by atoms with Gasteiger partial charge in [0.2, 0.25) is 0 Å². The van der Waals surface area contributed by atoms with Crippen LogP contribution in [0.5, 0.6) is 17.2 Å². The molecule has 1 heterocycles. The molecule has 1 aliphatic rings. The average molecular weight is 439 g/mol. The molecule has 1 amide bonds. The predicted molar refractivity (Wildman–Crippen MR) is 123 cm³/mol. The van der Waals surface area contributed by atoms with Crippen LogP contribution in [-0.2, 0) is 0 Å². The normalized spacial score (nSPS) is 13.8. The molecule has 0 spiro atoms. The number of carbonyl (C=O) groups excluding carboxylic acids is 1. The molecule has 0 unspecified atom stereocenters. The van der Waals surface area contributed by atoms with Crippen molar-refractivity contribution in [2.24, 2.45) is 0 Å². The Morgan fingerprint density at radius 2 is 1.77 bits per heavy atom. The van der Waals surface area contributed by atoms with Gasteiger partial charge in [0.05, 0.1) is 31.7 Å². The molecule has 0 atom stereocenters. The van der Waals surface area contributed by atoms with Crippen LogP contribution in [0.4, 0.5) is 5.69 Å². The molecule has 1 N–H and O–H groups in total. The smallest absolute Gasteiger partial charge is 0.267 e. The number of thiazole rings is 1. The van der Waals surface area contributed by atoms with E-state index in [1.54, 1.807) is 14.2 Å². The summed E-state index contributed by atoms with van der Waals surface area (Å²) in [4.78, 5) is 18.2. The lowest BCUT2D eigenvalue weighted by atomic mass is 10.2. The number of anilines is 1. The Bertz CT molecular complexity index is 1070. The second-order valence-corrected chi connectivity index (χ2v) is 8.48. The number of methoxy groups -OCH3 is 2. The first-order chi connectivity index (χ1) is 15.1. The van der Waals surface area contributed by atoms with Gasteiger partial charge in [0, 0.05) is 5.56 Å². The minimum absolute atomic E-state index is 0.191. The number of nitrogens with one attached hydrogen (secondary N) is 1. The summed E-state index contributed by atoms with van der Waals surface area (Å²) >= 11 is 1.35. The first-order valence-corrected chi connectivity index (χ1v) is 11.2. The summed E-state index contributed by atoms with van der Waals surface area (Å²) in [5.74, 6) is 1.79. The lowest BCUT2D eigenvalue weighted by Crippen LogP contribution is -2.15. The molecule has 3 aromatic rings. The monoisotopic (exact) mass is 438 g/mol. The van der Waals surface area contributed by atoms with Crippen LogP contribution in [0, 0.1) is 6.92 Å². The zero-order valence-electron chi connectivity index (χ0n) is 17.9. The van der Waals surface area contributed by atoms with E-state index >= 15 is 0 Å². The number of nitrogens with zero attached hydrogens (tertiary/aromatic N) is 1. The van der Waals surface area contributed by atoms with Crippen molar-refractivity contribution >= 4 is 22.9 Å². The number of para-hydroxylation sites is 2. The van der Waals surface area contributed by atoms with Gasteiger partial charge in [0.1, 0.15) is 15.6 Å². The van der Waals surface area contributed by atoms with Crippen LogP contribution >= 0.6 is 11.3 Å². The highest BCUT2D eigenvalue weighted by atomic mass is 32.1. The Morgan fingerprint density at radius 1 is 1.03 bits per heavy atom. The number of carbonyl (C=O) groups is 1. The molecule has 2 aromatic carbocycles. The second-order valence-electron chi connectivity index (χ2n) is 7.48. The molecule has 7 heteroatoms. The van der Waals surface area contributed by atoms with Crippen molar-refractivity contribution < 1.29 is 19.0 Å². The molecule has 0 saturated heterocycles. The third kappa shape index (κ3) is 4.66. The Labute approximate surface area is 186 Å². The van der Waals surface area contributed by atoms with Gasteiger partial charge in [-0.2, -0.15) is 0 Å². The maximum atomic E-state index is 13.1. The van der Waals surface area contributed by atoms with Gasteiger partial charge in [-0.15, -0.1) is 11.3 Å². The molecule has 162 valence electrons. The van der Waals surface area contributed by atoms with E-state index < -0.39 is 0 Å². The Morgan fingerprint density at radius 3 is 2.52 bits per heavy atom. The van der Waals surface area contributed by atoms with Crippen molar-refractivity contribution in [1.82, 2.24) is 4.98 Å². The maximum absolute atomic E-state index is 13.1. The molecule has 31 heavy (non-hydrogen) atoms. The summed E-state index contributed by atoms with van der Waals surface area (Å²) in [6.45, 7) is 1.84. The molecule has 6 nitrogen and oxygen atoms in total. The van der Waals surface area contributed by atoms with Crippen molar-refractivity contribution in [1.29, 1.82) is 0 Å². The molecule has 1 aliphatic carbocycles. The lowest BCUT2D eigenvalue weighted by molar-refractivity contribution is 0.102. The van der Waals surface area contributed by atoms with Gasteiger partial charge < -0.3 is 19.5 Å². The first kappa shape index (κ1) is 21.2. The third-order valence-corrected chi connectivity index (χ3v) is 6.57. The number of hydrogen-bond acceptors (Lipinski definition) is 6. The topological polar surface area (TPSA) is 69.7 Å². The van der Waals surface area contributed by atoms with Gasteiger partial charge in [0.15, 0.2) is 11.5 Å². The van der Waals surface area contributed by atoms with Crippen LogP contribution in [0.25, 0.3) is 10.6 Å². The summed E-state index contributed by atoms with van der Waals surface area (Å²) < 4.78 is 16.8. The Kier molecular flexibility index (Phi) is 6.42. The maximum Gasteiger partial charge on any atom is 0.267 e. The van der Waals surface area contributed by atoms with Crippen molar-refractivity contribution in [2.45, 2.75) is 38.7 Å². The fourth-order valence-electron chi connectivity index (χ4n) is 3.74.